The molecule has 0 fully saturated rings. The molecule has 32 nitrogen and oxygen atoms in total. The number of azide groups is 2. The molecule has 0 saturated carbocycles. The van der Waals surface area contributed by atoms with Gasteiger partial charge in [0.1, 0.15) is 5.60 Å². The molecule has 502 valence electrons. The summed E-state index contributed by atoms with van der Waals surface area (Å²) in [6.45, 7) is 27.1. The monoisotopic (exact) mass is 1240 g/mol. The third-order valence-corrected chi connectivity index (χ3v) is 10.0. The molecule has 0 saturated heterocycles. The molecule has 0 atom stereocenters. The van der Waals surface area contributed by atoms with E-state index in [-0.39, 0.29) is 6.61 Å². The lowest BCUT2D eigenvalue weighted by Crippen LogP contribution is -2.34. The quantitative estimate of drug-likeness (QED) is 0.0301. The van der Waals surface area contributed by atoms with E-state index in [0.29, 0.717) is 310 Å². The SMILES string of the molecule is CC(C)(C)OC(=O)NOCCOCCOCCOCCOCCOCCOCCOCCOCCOCCOCCOCCN(CCOCCOCCOCCOCCOCCN=[N+]=[N-])CCOCCOCCOCCOCCOCCN=[N+]=[N-]. The van der Waals surface area contributed by atoms with E-state index in [9.17, 15) is 4.79 Å². The number of rotatable bonds is 73. The fourth-order valence-corrected chi connectivity index (χ4v) is 5.99. The number of carbonyl (C=O) groups excluding carboxylic acids is 1. The highest BCUT2D eigenvalue weighted by Gasteiger charge is 2.16. The van der Waals surface area contributed by atoms with Crippen LogP contribution in [0.1, 0.15) is 20.8 Å². The summed E-state index contributed by atoms with van der Waals surface area (Å²) in [5.74, 6) is 0. The Balaban J connectivity index is 3.79. The van der Waals surface area contributed by atoms with Crippen molar-refractivity contribution >= 4 is 6.09 Å². The van der Waals surface area contributed by atoms with Gasteiger partial charge in [0.05, 0.1) is 284 Å². The Hall–Kier alpha value is -3.03. The summed E-state index contributed by atoms with van der Waals surface area (Å²) < 4.78 is 122. The van der Waals surface area contributed by atoms with Crippen LogP contribution in [0.2, 0.25) is 0 Å². The molecular formula is C53H106N8O24. The molecule has 0 rings (SSSR count). The first kappa shape index (κ1) is 82.0. The number of hydroxylamine groups is 1. The molecule has 1 amide bonds. The van der Waals surface area contributed by atoms with E-state index in [1.807, 2.05) is 0 Å². The second-order valence-corrected chi connectivity index (χ2v) is 18.1. The maximum Gasteiger partial charge on any atom is 0.431 e. The Kier molecular flexibility index (Phi) is 69.2. The van der Waals surface area contributed by atoms with Crippen LogP contribution in [0, 0.1) is 0 Å². The molecule has 0 spiro atoms. The van der Waals surface area contributed by atoms with Crippen LogP contribution >= 0.6 is 0 Å². The van der Waals surface area contributed by atoms with Crippen LogP contribution in [0.5, 0.6) is 0 Å². The highest BCUT2D eigenvalue weighted by molar-refractivity contribution is 5.66. The number of ether oxygens (including phenoxy) is 22. The van der Waals surface area contributed by atoms with E-state index >= 15 is 0 Å². The van der Waals surface area contributed by atoms with Gasteiger partial charge in [0.2, 0.25) is 0 Å². The van der Waals surface area contributed by atoms with Gasteiger partial charge in [-0.1, -0.05) is 10.2 Å². The zero-order valence-electron chi connectivity index (χ0n) is 51.4. The molecule has 0 aromatic heterocycles. The van der Waals surface area contributed by atoms with Crippen LogP contribution in [0.3, 0.4) is 0 Å². The number of carbonyl (C=O) groups is 1. The van der Waals surface area contributed by atoms with Crippen molar-refractivity contribution in [2.75, 3.05) is 317 Å². The second kappa shape index (κ2) is 71.7. The minimum atomic E-state index is -0.646. The largest absolute Gasteiger partial charge is 0.442 e. The lowest BCUT2D eigenvalue weighted by atomic mass is 10.2. The molecule has 0 aliphatic heterocycles. The third-order valence-electron chi connectivity index (χ3n) is 10.0. The Labute approximate surface area is 503 Å². The zero-order valence-corrected chi connectivity index (χ0v) is 51.4. The van der Waals surface area contributed by atoms with Crippen LogP contribution in [0.4, 0.5) is 4.79 Å². The minimum Gasteiger partial charge on any atom is -0.442 e. The van der Waals surface area contributed by atoms with Crippen molar-refractivity contribution in [1.82, 2.24) is 10.4 Å². The van der Waals surface area contributed by atoms with Gasteiger partial charge in [0.15, 0.2) is 0 Å². The zero-order chi connectivity index (χ0) is 61.4. The topological polar surface area (TPSA) is 342 Å². The summed E-state index contributed by atoms with van der Waals surface area (Å²) in [7, 11) is 0. The third kappa shape index (κ3) is 75.2. The molecule has 0 aliphatic carbocycles. The molecule has 0 radical (unpaired) electrons. The molecular weight excluding hydrogens is 1130 g/mol. The molecule has 32 heteroatoms. The lowest BCUT2D eigenvalue weighted by molar-refractivity contribution is -0.0382. The summed E-state index contributed by atoms with van der Waals surface area (Å²) in [5.41, 5.74) is 18.1. The van der Waals surface area contributed by atoms with Gasteiger partial charge >= 0.3 is 6.09 Å². The number of nitrogens with zero attached hydrogens (tertiary/aromatic N) is 7. The van der Waals surface area contributed by atoms with E-state index < -0.39 is 11.7 Å². The van der Waals surface area contributed by atoms with E-state index in [4.69, 9.17) is 120 Å². The van der Waals surface area contributed by atoms with Gasteiger partial charge in [0, 0.05) is 42.5 Å². The fraction of sp³-hybridized carbons (Fsp3) is 0.981. The van der Waals surface area contributed by atoms with Gasteiger partial charge in [-0.25, -0.2) is 4.79 Å². The first-order valence-corrected chi connectivity index (χ1v) is 29.4. The smallest absolute Gasteiger partial charge is 0.431 e. The summed E-state index contributed by atoms with van der Waals surface area (Å²) in [4.78, 5) is 24.0. The predicted molar refractivity (Wildman–Crippen MR) is 307 cm³/mol. The number of nitrogens with one attached hydrogen (secondary N) is 1. The Bertz CT molecular complexity index is 1400. The van der Waals surface area contributed by atoms with Crippen molar-refractivity contribution in [3.8, 4) is 0 Å². The Morgan fingerprint density at radius 1 is 0.306 bits per heavy atom. The average molecular weight is 1240 g/mol. The van der Waals surface area contributed by atoms with E-state index in [2.05, 4.69) is 30.4 Å². The van der Waals surface area contributed by atoms with Crippen molar-refractivity contribution < 1.29 is 114 Å². The average Bonchev–Trinajstić information content (AvgIpc) is 3.50. The van der Waals surface area contributed by atoms with Gasteiger partial charge in [-0.3, -0.25) is 9.74 Å². The van der Waals surface area contributed by atoms with Crippen LogP contribution < -0.4 is 5.48 Å². The molecule has 0 aromatic carbocycles. The van der Waals surface area contributed by atoms with E-state index in [0.717, 1.165) is 0 Å². The van der Waals surface area contributed by atoms with Crippen LogP contribution in [0.25, 0.3) is 20.9 Å². The number of hydrogen-bond acceptors (Lipinski definition) is 27. The van der Waals surface area contributed by atoms with Crippen molar-refractivity contribution in [3.63, 3.8) is 0 Å². The molecule has 1 N–H and O–H groups in total. The first-order valence-electron chi connectivity index (χ1n) is 29.4. The standard InChI is InChI=1S/C53H106N8O24/c1-53(2,3)85-52(62)58-84-51-50-83-49-48-82-47-46-81-45-44-80-43-42-79-41-40-78-39-38-77-37-36-76-35-34-75-33-28-72-23-18-67-13-8-61(6-11-65-16-21-70-26-31-73-29-24-68-19-14-63-9-4-56-59-54)7-12-66-17-22-71-27-32-74-30-25-69-20-15-64-10-5-57-60-55/h4-51H2,1-3H3,(H,58,62). The van der Waals surface area contributed by atoms with Gasteiger partial charge in [-0.05, 0) is 31.8 Å². The summed E-state index contributed by atoms with van der Waals surface area (Å²) in [6, 6.07) is 0. The Morgan fingerprint density at radius 2 is 0.482 bits per heavy atom. The lowest BCUT2D eigenvalue weighted by Gasteiger charge is -2.22. The summed E-state index contributed by atoms with van der Waals surface area (Å²) in [5, 5.41) is 6.80. The van der Waals surface area contributed by atoms with Crippen molar-refractivity contribution in [2.45, 2.75) is 26.4 Å². The maximum absolute atomic E-state index is 11.5. The number of amides is 1. The summed E-state index contributed by atoms with van der Waals surface area (Å²) >= 11 is 0. The van der Waals surface area contributed by atoms with Gasteiger partial charge in [-0.2, -0.15) is 5.48 Å². The minimum absolute atomic E-state index is 0.193. The molecule has 0 unspecified atom stereocenters. The summed E-state index contributed by atoms with van der Waals surface area (Å²) in [6.07, 6.45) is -0.646. The van der Waals surface area contributed by atoms with Crippen molar-refractivity contribution in [2.24, 2.45) is 10.2 Å². The van der Waals surface area contributed by atoms with Crippen molar-refractivity contribution in [3.05, 3.63) is 20.9 Å². The fourth-order valence-electron chi connectivity index (χ4n) is 5.99. The molecule has 0 aromatic rings. The first-order chi connectivity index (χ1) is 41.9. The van der Waals surface area contributed by atoms with Gasteiger partial charge < -0.3 is 104 Å². The normalized spacial score (nSPS) is 11.6. The highest BCUT2D eigenvalue weighted by Crippen LogP contribution is 2.06. The molecule has 0 bridgehead atoms. The van der Waals surface area contributed by atoms with Crippen LogP contribution in [-0.4, -0.2) is 333 Å². The molecule has 0 heterocycles. The van der Waals surface area contributed by atoms with Gasteiger partial charge in [-0.15, -0.1) is 0 Å². The van der Waals surface area contributed by atoms with Crippen LogP contribution in [0.15, 0.2) is 10.2 Å². The number of hydrogen-bond donors (Lipinski definition) is 1. The van der Waals surface area contributed by atoms with E-state index in [1.54, 1.807) is 20.8 Å². The van der Waals surface area contributed by atoms with Crippen molar-refractivity contribution in [1.29, 1.82) is 0 Å². The van der Waals surface area contributed by atoms with E-state index in [1.165, 1.54) is 0 Å². The maximum atomic E-state index is 11.5. The second-order valence-electron chi connectivity index (χ2n) is 18.1. The van der Waals surface area contributed by atoms with Crippen LogP contribution in [-0.2, 0) is 109 Å². The molecule has 85 heavy (non-hydrogen) atoms. The Morgan fingerprint density at radius 3 is 0.671 bits per heavy atom. The van der Waals surface area contributed by atoms with Gasteiger partial charge in [0.25, 0.3) is 0 Å². The molecule has 0 aliphatic rings. The highest BCUT2D eigenvalue weighted by atomic mass is 16.7. The predicted octanol–water partition coefficient (Wildman–Crippen LogP) is 2.71.